The van der Waals surface area contributed by atoms with Crippen LogP contribution in [0.5, 0.6) is 11.5 Å². The topological polar surface area (TPSA) is 157 Å². The molecule has 10 aromatic rings. The summed E-state index contributed by atoms with van der Waals surface area (Å²) >= 11 is 5.49. The van der Waals surface area contributed by atoms with Gasteiger partial charge in [-0.3, -0.25) is 24.5 Å². The molecule has 12 nitrogen and oxygen atoms in total. The predicted molar refractivity (Wildman–Crippen MR) is 278 cm³/mol. The molecule has 0 N–H and O–H groups in total. The first-order valence-electron chi connectivity index (χ1n) is 21.7. The maximum absolute atomic E-state index is 12.9. The number of nitrogens with zero attached hydrogens (tertiary/aromatic N) is 8. The molecular formula is C55H37F3N8O4RuS2. The van der Waals surface area contributed by atoms with E-state index < -0.39 is 11.9 Å². The minimum atomic E-state index is -4.54. The Morgan fingerprint density at radius 2 is 1.16 bits per heavy atom. The van der Waals surface area contributed by atoms with Crippen LogP contribution in [0.1, 0.15) is 27.9 Å². The van der Waals surface area contributed by atoms with E-state index in [9.17, 15) is 22.8 Å². The van der Waals surface area contributed by atoms with Gasteiger partial charge in [0.2, 0.25) is 0 Å². The first kappa shape index (κ1) is 52.4. The molecule has 0 radical (unpaired) electrons. The van der Waals surface area contributed by atoms with Gasteiger partial charge >= 0.3 is 25.7 Å². The molecule has 4 aromatic carbocycles. The minimum absolute atomic E-state index is 0. The average Bonchev–Trinajstić information content (AvgIpc) is 4.05. The molecule has 0 aliphatic rings. The van der Waals surface area contributed by atoms with Crippen LogP contribution in [0.2, 0.25) is 0 Å². The Morgan fingerprint density at radius 1 is 0.616 bits per heavy atom. The summed E-state index contributed by atoms with van der Waals surface area (Å²) in [6.07, 6.45) is 4.31. The summed E-state index contributed by atoms with van der Waals surface area (Å²) in [6, 6.07) is 45.5. The molecule has 0 saturated heterocycles. The van der Waals surface area contributed by atoms with Gasteiger partial charge in [-0.1, -0.05) is 89.7 Å². The number of anilines is 3. The van der Waals surface area contributed by atoms with Crippen LogP contribution in [0.25, 0.3) is 71.9 Å². The van der Waals surface area contributed by atoms with Crippen LogP contribution in [0, 0.1) is 13.8 Å². The van der Waals surface area contributed by atoms with E-state index in [1.807, 2.05) is 91.6 Å². The molecule has 73 heavy (non-hydrogen) atoms. The average molecular weight is 1100 g/mol. The van der Waals surface area contributed by atoms with Crippen LogP contribution in [0.15, 0.2) is 164 Å². The second kappa shape index (κ2) is 24.1. The third-order valence-corrected chi connectivity index (χ3v) is 11.9. The first-order chi connectivity index (χ1) is 34.9. The van der Waals surface area contributed by atoms with Crippen LogP contribution in [-0.2, 0) is 35.2 Å². The van der Waals surface area contributed by atoms with Gasteiger partial charge in [0, 0.05) is 74.0 Å². The normalized spacial score (nSPS) is 10.8. The standard InChI is InChI=1S/C31H19N3O4S.C23H18F3N4.CNS.Ru/c35-18-37-22-10-12-33-27(15-22)29-17-23(38-19-36)16-28(34-29)26-14-21(9-11-32-26)6-5-20-7-8-31-25(13-20)24-3-1-2-4-30(24)39-31;1-15-3-7-17(8-4-15)30(18-9-5-16(2)6-10-18)19-11-12-27-20(13-19)21-14-22(29-28-21)23(24,25)26;2-1-3;/h1-19H;3-14H,1-2H3;;/q;2*-1;+2/b6-5+;;;. The fourth-order valence-electron chi connectivity index (χ4n) is 7.39. The quantitative estimate of drug-likeness (QED) is 0.0494. The molecule has 0 fully saturated rings. The molecule has 0 aliphatic heterocycles. The summed E-state index contributed by atoms with van der Waals surface area (Å²) in [5, 5.41) is 17.9. The van der Waals surface area contributed by atoms with E-state index in [0.29, 0.717) is 47.2 Å². The van der Waals surface area contributed by atoms with Gasteiger partial charge in [-0.25, -0.2) is 4.98 Å². The first-order valence-corrected chi connectivity index (χ1v) is 22.9. The summed E-state index contributed by atoms with van der Waals surface area (Å²) in [5.41, 5.74) is 8.21. The SMILES string of the molecule is Cc1ccc(N(c2ccc(C)cc2)c2ccnc(-c3cc(C(F)(F)F)n[n-]3)c2)cc1.O=COc1ccnc(-c2cc(OC=O)cc(-c3cc(/C=C/c4ccc5sc6ccccc6c5c4)ccn3)n2)c1.[N-]=C=S.[Ru+2]. The zero-order valence-electron chi connectivity index (χ0n) is 38.4. The fourth-order valence-corrected chi connectivity index (χ4v) is 8.48. The van der Waals surface area contributed by atoms with Crippen molar-refractivity contribution in [1.82, 2.24) is 30.1 Å². The zero-order chi connectivity index (χ0) is 50.6. The van der Waals surface area contributed by atoms with Crippen molar-refractivity contribution in [2.75, 3.05) is 4.90 Å². The van der Waals surface area contributed by atoms with Crippen LogP contribution in [-0.4, -0.2) is 43.1 Å². The Balaban J connectivity index is 0.000000206. The number of fused-ring (bicyclic) bond motifs is 3. The molecule has 6 heterocycles. The molecule has 362 valence electrons. The van der Waals surface area contributed by atoms with E-state index in [1.165, 1.54) is 31.5 Å². The van der Waals surface area contributed by atoms with Crippen LogP contribution >= 0.6 is 23.6 Å². The molecular weight excluding hydrogens is 1060 g/mol. The van der Waals surface area contributed by atoms with Gasteiger partial charge in [0.05, 0.1) is 28.5 Å². The van der Waals surface area contributed by atoms with Gasteiger partial charge in [-0.2, -0.15) is 18.3 Å². The van der Waals surface area contributed by atoms with Gasteiger partial charge in [0.25, 0.3) is 12.9 Å². The van der Waals surface area contributed by atoms with Crippen molar-refractivity contribution in [3.05, 3.63) is 198 Å². The molecule has 0 unspecified atom stereocenters. The number of isothiocyanates is 1. The monoisotopic (exact) mass is 1100 g/mol. The van der Waals surface area contributed by atoms with Crippen LogP contribution in [0.3, 0.4) is 0 Å². The van der Waals surface area contributed by atoms with Crippen molar-refractivity contribution >= 4 is 91.0 Å². The maximum atomic E-state index is 12.9. The molecule has 10 rings (SSSR count). The summed E-state index contributed by atoms with van der Waals surface area (Å²) in [5.74, 6) is 0.603. The van der Waals surface area contributed by atoms with E-state index in [2.05, 4.69) is 90.9 Å². The Hall–Kier alpha value is -8.40. The largest absolute Gasteiger partial charge is 2.00 e. The fraction of sp³-hybridized carbons (Fsp3) is 0.0545. The van der Waals surface area contributed by atoms with Gasteiger partial charge in [0.1, 0.15) is 17.2 Å². The summed E-state index contributed by atoms with van der Waals surface area (Å²) < 4.78 is 51.3. The number of carbonyl (C=O) groups excluding carboxylic acids is 2. The number of benzene rings is 4. The van der Waals surface area contributed by atoms with E-state index in [1.54, 1.807) is 54.1 Å². The number of aromatic nitrogens is 6. The maximum Gasteiger partial charge on any atom is 2.00 e. The van der Waals surface area contributed by atoms with Crippen LogP contribution < -0.4 is 19.5 Å². The van der Waals surface area contributed by atoms with Gasteiger partial charge in [0.15, 0.2) is 0 Å². The number of thiophene rings is 1. The predicted octanol–water partition coefficient (Wildman–Crippen LogP) is 13.7. The summed E-state index contributed by atoms with van der Waals surface area (Å²) in [6.45, 7) is 4.71. The van der Waals surface area contributed by atoms with E-state index in [4.69, 9.17) is 14.9 Å². The number of carbonyl (C=O) groups is 2. The van der Waals surface area contributed by atoms with Crippen molar-refractivity contribution < 1.29 is 51.7 Å². The number of hydrogen-bond acceptors (Lipinski definition) is 12. The smallest absolute Gasteiger partial charge is 0.753 e. The zero-order valence-corrected chi connectivity index (χ0v) is 41.8. The minimum Gasteiger partial charge on any atom is -0.753 e. The number of halogens is 3. The van der Waals surface area contributed by atoms with Gasteiger partial charge in [-0.15, -0.1) is 11.3 Å². The van der Waals surface area contributed by atoms with Crippen molar-refractivity contribution in [2.24, 2.45) is 0 Å². The van der Waals surface area contributed by atoms with Crippen molar-refractivity contribution in [2.45, 2.75) is 20.0 Å². The van der Waals surface area contributed by atoms with Crippen LogP contribution in [0.4, 0.5) is 30.2 Å². The van der Waals surface area contributed by atoms with Crippen molar-refractivity contribution in [3.63, 3.8) is 0 Å². The Morgan fingerprint density at radius 3 is 1.79 bits per heavy atom. The Bertz CT molecular complexity index is 3560. The molecule has 0 aliphatic carbocycles. The molecule has 0 saturated carbocycles. The molecule has 0 amide bonds. The number of thiocarbonyl (C=S) groups is 1. The Labute approximate surface area is 438 Å². The van der Waals surface area contributed by atoms with E-state index >= 15 is 0 Å². The summed E-state index contributed by atoms with van der Waals surface area (Å²) in [4.78, 5) is 41.5. The van der Waals surface area contributed by atoms with E-state index in [-0.39, 0.29) is 30.9 Å². The third kappa shape index (κ3) is 13.1. The number of hydrogen-bond donors (Lipinski definition) is 0. The number of aryl methyl sites for hydroxylation is 2. The van der Waals surface area contributed by atoms with Gasteiger partial charge < -0.3 is 30.0 Å². The van der Waals surface area contributed by atoms with Crippen molar-refractivity contribution in [1.29, 1.82) is 0 Å². The van der Waals surface area contributed by atoms with Gasteiger partial charge in [-0.05, 0) is 104 Å². The number of rotatable bonds is 12. The number of pyridine rings is 4. The third-order valence-electron chi connectivity index (χ3n) is 10.8. The number of alkyl halides is 3. The second-order valence-electron chi connectivity index (χ2n) is 15.6. The Kier molecular flexibility index (Phi) is 17.3. The number of ether oxygens (including phenoxy) is 2. The molecule has 18 heteroatoms. The molecule has 0 bridgehead atoms. The van der Waals surface area contributed by atoms with Crippen molar-refractivity contribution in [3.8, 4) is 45.7 Å². The van der Waals surface area contributed by atoms with E-state index in [0.717, 1.165) is 45.4 Å². The summed E-state index contributed by atoms with van der Waals surface area (Å²) in [7, 11) is 0. The second-order valence-corrected chi connectivity index (χ2v) is 16.9. The molecule has 6 aromatic heterocycles. The molecule has 0 atom stereocenters. The molecule has 0 spiro atoms.